The molecule has 0 saturated carbocycles. The Morgan fingerprint density at radius 3 is 2.24 bits per heavy atom. The molecule has 0 atom stereocenters. The molecule has 0 aromatic heterocycles. The molecule has 0 spiro atoms. The Morgan fingerprint density at radius 2 is 1.68 bits per heavy atom. The van der Waals surface area contributed by atoms with Gasteiger partial charge in [0.2, 0.25) is 0 Å². The van der Waals surface area contributed by atoms with E-state index < -0.39 is 24.1 Å². The lowest BCUT2D eigenvalue weighted by molar-refractivity contribution is 0.00578. The van der Waals surface area contributed by atoms with Crippen molar-refractivity contribution in [2.45, 2.75) is 38.9 Å². The second-order valence-electron chi connectivity index (χ2n) is 7.54. The zero-order valence-corrected chi connectivity index (χ0v) is 16.1. The highest BCUT2D eigenvalue weighted by molar-refractivity contribution is 6.62. The maximum absolute atomic E-state index is 14.3. The molecule has 5 nitrogen and oxygen atoms in total. The van der Waals surface area contributed by atoms with Crippen LogP contribution in [0.4, 0.5) is 4.39 Å². The molecule has 0 N–H and O–H groups in total. The van der Waals surface area contributed by atoms with E-state index in [4.69, 9.17) is 18.8 Å². The van der Waals surface area contributed by atoms with E-state index in [1.54, 1.807) is 12.1 Å². The van der Waals surface area contributed by atoms with E-state index in [1.807, 2.05) is 46.7 Å². The van der Waals surface area contributed by atoms with Gasteiger partial charge in [-0.1, -0.05) is 6.07 Å². The highest BCUT2D eigenvalue weighted by Crippen LogP contribution is 2.36. The van der Waals surface area contributed by atoms with Crippen molar-refractivity contribution in [3.8, 4) is 5.75 Å². The summed E-state index contributed by atoms with van der Waals surface area (Å²) < 4.78 is 37.0. The molecule has 25 heavy (non-hydrogen) atoms. The fourth-order valence-corrected chi connectivity index (χ4v) is 2.32. The maximum atomic E-state index is 14.3. The SMILES string of the molecule is CN(C)CCOCCOc1ccc(B2OC(C)(C)C(C)(C)O2)cc1F. The van der Waals surface area contributed by atoms with E-state index in [2.05, 4.69) is 0 Å². The molecule has 0 amide bonds. The molecule has 0 bridgehead atoms. The highest BCUT2D eigenvalue weighted by Gasteiger charge is 2.51. The number of rotatable bonds is 8. The molecule has 0 aliphatic carbocycles. The summed E-state index contributed by atoms with van der Waals surface area (Å²) in [4.78, 5) is 2.04. The van der Waals surface area contributed by atoms with Crippen LogP contribution in [0.5, 0.6) is 5.75 Å². The summed E-state index contributed by atoms with van der Waals surface area (Å²) in [6.45, 7) is 10.1. The summed E-state index contributed by atoms with van der Waals surface area (Å²) in [5, 5.41) is 0. The lowest BCUT2D eigenvalue weighted by Gasteiger charge is -2.32. The summed E-state index contributed by atoms with van der Waals surface area (Å²) in [5.41, 5.74) is -0.258. The number of hydrogen-bond acceptors (Lipinski definition) is 5. The average molecular weight is 353 g/mol. The minimum Gasteiger partial charge on any atom is -0.488 e. The number of nitrogens with zero attached hydrogens (tertiary/aromatic N) is 1. The summed E-state index contributed by atoms with van der Waals surface area (Å²) >= 11 is 0. The van der Waals surface area contributed by atoms with Gasteiger partial charge in [0.15, 0.2) is 11.6 Å². The number of benzene rings is 1. The first-order valence-electron chi connectivity index (χ1n) is 8.63. The largest absolute Gasteiger partial charge is 0.494 e. The van der Waals surface area contributed by atoms with Gasteiger partial charge in [-0.2, -0.15) is 0 Å². The third kappa shape index (κ3) is 5.17. The molecule has 1 heterocycles. The van der Waals surface area contributed by atoms with E-state index in [-0.39, 0.29) is 5.75 Å². The van der Waals surface area contributed by atoms with Gasteiger partial charge in [0.25, 0.3) is 0 Å². The minimum absolute atomic E-state index is 0.205. The van der Waals surface area contributed by atoms with Crippen LogP contribution in [0.15, 0.2) is 18.2 Å². The summed E-state index contributed by atoms with van der Waals surface area (Å²) in [6, 6.07) is 4.79. The van der Waals surface area contributed by atoms with Crippen LogP contribution in [-0.4, -0.2) is 63.7 Å². The maximum Gasteiger partial charge on any atom is 0.494 e. The van der Waals surface area contributed by atoms with Crippen molar-refractivity contribution in [3.05, 3.63) is 24.0 Å². The fourth-order valence-electron chi connectivity index (χ4n) is 2.32. The Bertz CT molecular complexity index is 564. The second kappa shape index (κ2) is 8.04. The normalized spacial score (nSPS) is 18.8. The smallest absolute Gasteiger partial charge is 0.488 e. The van der Waals surface area contributed by atoms with Crippen LogP contribution in [0, 0.1) is 5.82 Å². The molecule has 1 aromatic carbocycles. The van der Waals surface area contributed by atoms with Crippen molar-refractivity contribution in [2.24, 2.45) is 0 Å². The van der Waals surface area contributed by atoms with Gasteiger partial charge in [0.05, 0.1) is 24.4 Å². The Balaban J connectivity index is 1.87. The van der Waals surface area contributed by atoms with E-state index in [0.29, 0.717) is 25.3 Å². The van der Waals surface area contributed by atoms with Gasteiger partial charge >= 0.3 is 7.12 Å². The topological polar surface area (TPSA) is 40.2 Å². The summed E-state index contributed by atoms with van der Waals surface area (Å²) in [7, 11) is 3.39. The van der Waals surface area contributed by atoms with Gasteiger partial charge < -0.3 is 23.7 Å². The molecule has 0 unspecified atom stereocenters. The lowest BCUT2D eigenvalue weighted by Crippen LogP contribution is -2.41. The van der Waals surface area contributed by atoms with Crippen molar-refractivity contribution in [2.75, 3.05) is 40.5 Å². The van der Waals surface area contributed by atoms with Gasteiger partial charge in [-0.3, -0.25) is 0 Å². The predicted molar refractivity (Wildman–Crippen MR) is 97.0 cm³/mol. The molecule has 0 radical (unpaired) electrons. The van der Waals surface area contributed by atoms with Crippen LogP contribution in [0.25, 0.3) is 0 Å². The van der Waals surface area contributed by atoms with Crippen molar-refractivity contribution in [1.82, 2.24) is 4.90 Å². The summed E-state index contributed by atoms with van der Waals surface area (Å²) in [6.07, 6.45) is 0. The minimum atomic E-state index is -0.581. The monoisotopic (exact) mass is 353 g/mol. The molecule has 1 aliphatic heterocycles. The number of hydrogen-bond donors (Lipinski definition) is 0. The fraction of sp³-hybridized carbons (Fsp3) is 0.667. The highest BCUT2D eigenvalue weighted by atomic mass is 19.1. The van der Waals surface area contributed by atoms with Crippen LogP contribution < -0.4 is 10.2 Å². The van der Waals surface area contributed by atoms with Gasteiger partial charge in [0.1, 0.15) is 6.61 Å². The molecule has 7 heteroatoms. The quantitative estimate of drug-likeness (QED) is 0.529. The molecule has 1 fully saturated rings. The first-order chi connectivity index (χ1) is 11.6. The van der Waals surface area contributed by atoms with Gasteiger partial charge in [0, 0.05) is 6.54 Å². The number of likely N-dealkylation sites (N-methyl/N-ethyl adjacent to an activating group) is 1. The number of ether oxygens (including phenoxy) is 2. The van der Waals surface area contributed by atoms with Gasteiger partial charge in [-0.15, -0.1) is 0 Å². The predicted octanol–water partition coefficient (Wildman–Crippen LogP) is 2.08. The van der Waals surface area contributed by atoms with Crippen molar-refractivity contribution in [3.63, 3.8) is 0 Å². The molecule has 140 valence electrons. The van der Waals surface area contributed by atoms with Crippen LogP contribution >= 0.6 is 0 Å². The van der Waals surface area contributed by atoms with Gasteiger partial charge in [-0.25, -0.2) is 4.39 Å². The average Bonchev–Trinajstić information content (AvgIpc) is 2.72. The Hall–Kier alpha value is -1.15. The van der Waals surface area contributed by atoms with Crippen molar-refractivity contribution < 1.29 is 23.2 Å². The Labute approximate surface area is 150 Å². The van der Waals surface area contributed by atoms with E-state index in [0.717, 1.165) is 6.54 Å². The summed E-state index contributed by atoms with van der Waals surface area (Å²) in [5.74, 6) is -0.225. The lowest BCUT2D eigenvalue weighted by atomic mass is 9.79. The zero-order chi connectivity index (χ0) is 18.7. The van der Waals surface area contributed by atoms with Gasteiger partial charge in [-0.05, 0) is 59.4 Å². The first kappa shape index (κ1) is 20.2. The zero-order valence-electron chi connectivity index (χ0n) is 16.1. The van der Waals surface area contributed by atoms with E-state index in [9.17, 15) is 4.39 Å². The molecule has 1 saturated heterocycles. The van der Waals surface area contributed by atoms with Crippen LogP contribution in [-0.2, 0) is 14.0 Å². The standard InChI is InChI=1S/C18H29BFNO4/c1-17(2)18(3,4)25-19(24-17)14-7-8-16(15(20)13-14)23-12-11-22-10-9-21(5)6/h7-8,13H,9-12H2,1-6H3. The third-order valence-electron chi connectivity index (χ3n) is 4.65. The second-order valence-corrected chi connectivity index (χ2v) is 7.54. The van der Waals surface area contributed by atoms with E-state index >= 15 is 0 Å². The first-order valence-corrected chi connectivity index (χ1v) is 8.63. The van der Waals surface area contributed by atoms with Crippen molar-refractivity contribution in [1.29, 1.82) is 0 Å². The molecular weight excluding hydrogens is 324 g/mol. The van der Waals surface area contributed by atoms with Crippen LogP contribution in [0.2, 0.25) is 0 Å². The number of halogens is 1. The van der Waals surface area contributed by atoms with Crippen LogP contribution in [0.3, 0.4) is 0 Å². The Kier molecular flexibility index (Phi) is 6.48. The molecular formula is C18H29BFNO4. The molecule has 1 aliphatic rings. The molecule has 1 aromatic rings. The third-order valence-corrected chi connectivity index (χ3v) is 4.65. The Morgan fingerprint density at radius 1 is 1.04 bits per heavy atom. The van der Waals surface area contributed by atoms with Crippen LogP contribution in [0.1, 0.15) is 27.7 Å². The van der Waals surface area contributed by atoms with Crippen molar-refractivity contribution >= 4 is 12.6 Å². The van der Waals surface area contributed by atoms with E-state index in [1.165, 1.54) is 6.07 Å². The molecule has 2 rings (SSSR count).